The van der Waals surface area contributed by atoms with Crippen LogP contribution >= 0.6 is 0 Å². The average Bonchev–Trinajstić information content (AvgIpc) is 2.83. The van der Waals surface area contributed by atoms with E-state index in [0.29, 0.717) is 0 Å². The summed E-state index contributed by atoms with van der Waals surface area (Å²) in [5.74, 6) is 0. The van der Waals surface area contributed by atoms with Crippen LogP contribution in [-0.2, 0) is 21.8 Å². The molecule has 0 heterocycles. The van der Waals surface area contributed by atoms with E-state index in [-0.39, 0.29) is 0 Å². The first kappa shape index (κ1) is 12.1. The van der Waals surface area contributed by atoms with Crippen molar-refractivity contribution in [2.45, 2.75) is 12.9 Å². The third-order valence-electron chi connectivity index (χ3n) is 3.64. The van der Waals surface area contributed by atoms with Gasteiger partial charge < -0.3 is 0 Å². The van der Waals surface area contributed by atoms with Gasteiger partial charge in [0, 0.05) is 0 Å². The van der Waals surface area contributed by atoms with Crippen molar-refractivity contribution in [3.05, 3.63) is 65.7 Å². The number of allylic oxidation sites excluding steroid dienone is 1. The maximum atomic E-state index is 2.49. The Morgan fingerprint density at radius 1 is 0.889 bits per heavy atom. The summed E-state index contributed by atoms with van der Waals surface area (Å²) in [5.41, 5.74) is 5.74. The third-order valence-corrected chi connectivity index (χ3v) is 7.93. The predicted molar refractivity (Wildman–Crippen MR) is 75.4 cm³/mol. The summed E-state index contributed by atoms with van der Waals surface area (Å²) >= 11 is -1.21. The van der Waals surface area contributed by atoms with Gasteiger partial charge >= 0.3 is 118 Å². The van der Waals surface area contributed by atoms with Crippen LogP contribution in [0.15, 0.2) is 54.6 Å². The second-order valence-corrected chi connectivity index (χ2v) is 11.9. The molecule has 0 saturated heterocycles. The van der Waals surface area contributed by atoms with Crippen LogP contribution in [0.2, 0.25) is 9.26 Å². The molecule has 1 aliphatic carbocycles. The van der Waals surface area contributed by atoms with E-state index in [1.165, 1.54) is 16.7 Å². The van der Waals surface area contributed by atoms with Crippen LogP contribution in [0.1, 0.15) is 14.8 Å². The van der Waals surface area contributed by atoms with Crippen LogP contribution in [0.3, 0.4) is 0 Å². The molecule has 3 rings (SSSR count). The molecule has 0 spiro atoms. The average molecular weight is 313 g/mol. The van der Waals surface area contributed by atoms with E-state index in [0.717, 1.165) is 3.63 Å². The summed E-state index contributed by atoms with van der Waals surface area (Å²) in [5, 5.41) is 0. The van der Waals surface area contributed by atoms with E-state index < -0.39 is 21.8 Å². The van der Waals surface area contributed by atoms with E-state index in [9.17, 15) is 0 Å². The zero-order valence-corrected chi connectivity index (χ0v) is 13.3. The Hall–Kier alpha value is -0.937. The van der Waals surface area contributed by atoms with Crippen molar-refractivity contribution >= 4 is 6.08 Å². The van der Waals surface area contributed by atoms with Gasteiger partial charge in [-0.1, -0.05) is 0 Å². The van der Waals surface area contributed by atoms with Crippen molar-refractivity contribution in [1.29, 1.82) is 0 Å². The van der Waals surface area contributed by atoms with Gasteiger partial charge in [0.25, 0.3) is 0 Å². The summed E-state index contributed by atoms with van der Waals surface area (Å²) < 4.78 is 5.74. The SMILES string of the molecule is [CH3][Zr]([CH3])[CH]1C=Cc2c(-c3ccccc3)cccc21. The molecule has 2 aromatic carbocycles. The Labute approximate surface area is 117 Å². The van der Waals surface area contributed by atoms with Gasteiger partial charge in [-0.2, -0.15) is 0 Å². The summed E-state index contributed by atoms with van der Waals surface area (Å²) in [6.07, 6.45) is 4.78. The first-order chi connectivity index (χ1) is 8.77. The molecule has 1 aliphatic rings. The Balaban J connectivity index is 2.13. The molecule has 0 amide bonds. The van der Waals surface area contributed by atoms with Gasteiger partial charge in [0.15, 0.2) is 0 Å². The third kappa shape index (κ3) is 2.06. The standard InChI is InChI=1S/C15H11.2CH3.Zr/c1-2-6-12(7-3-1)14-10-4-8-13-9-5-11-15(13)14;;;/h1-11H;2*1H3;. The van der Waals surface area contributed by atoms with Gasteiger partial charge in [0.1, 0.15) is 0 Å². The molecular formula is C17H17Zr. The zero-order valence-electron chi connectivity index (χ0n) is 10.9. The molecular weight excluding hydrogens is 295 g/mol. The van der Waals surface area contributed by atoms with Gasteiger partial charge in [0.2, 0.25) is 0 Å². The minimum atomic E-state index is -1.21. The number of rotatable bonds is 2. The van der Waals surface area contributed by atoms with Gasteiger partial charge in [0.05, 0.1) is 0 Å². The molecule has 2 aromatic rings. The molecule has 1 heteroatoms. The number of hydrogen-bond donors (Lipinski definition) is 0. The van der Waals surface area contributed by atoms with Gasteiger partial charge in [-0.3, -0.25) is 0 Å². The molecule has 0 aliphatic heterocycles. The minimum absolute atomic E-state index is 0.770. The molecule has 1 unspecified atom stereocenters. The first-order valence-electron chi connectivity index (χ1n) is 6.44. The molecule has 1 atom stereocenters. The van der Waals surface area contributed by atoms with Gasteiger partial charge in [-0.25, -0.2) is 0 Å². The molecule has 0 bridgehead atoms. The van der Waals surface area contributed by atoms with Crippen LogP contribution < -0.4 is 0 Å². The molecule has 0 radical (unpaired) electrons. The van der Waals surface area contributed by atoms with E-state index >= 15 is 0 Å². The van der Waals surface area contributed by atoms with Crippen LogP contribution in [-0.4, -0.2) is 0 Å². The normalized spacial score (nSPS) is 16.7. The Kier molecular flexibility index (Phi) is 3.35. The second-order valence-electron chi connectivity index (χ2n) is 5.09. The number of fused-ring (bicyclic) bond motifs is 1. The van der Waals surface area contributed by atoms with Crippen molar-refractivity contribution in [3.63, 3.8) is 0 Å². The molecule has 0 saturated carbocycles. The fourth-order valence-corrected chi connectivity index (χ4v) is 6.04. The molecule has 0 N–H and O–H groups in total. The molecule has 89 valence electrons. The number of hydrogen-bond acceptors (Lipinski definition) is 0. The Morgan fingerprint density at radius 3 is 2.39 bits per heavy atom. The van der Waals surface area contributed by atoms with Crippen LogP contribution in [0.5, 0.6) is 0 Å². The van der Waals surface area contributed by atoms with E-state index in [2.05, 4.69) is 69.9 Å². The summed E-state index contributed by atoms with van der Waals surface area (Å²) in [7, 11) is 0. The van der Waals surface area contributed by atoms with Crippen LogP contribution in [0.4, 0.5) is 0 Å². The first-order valence-corrected chi connectivity index (χ1v) is 12.8. The van der Waals surface area contributed by atoms with Crippen molar-refractivity contribution < 1.29 is 21.8 Å². The van der Waals surface area contributed by atoms with E-state index in [1.54, 1.807) is 5.56 Å². The molecule has 0 nitrogen and oxygen atoms in total. The van der Waals surface area contributed by atoms with Crippen molar-refractivity contribution in [3.8, 4) is 11.1 Å². The molecule has 0 fully saturated rings. The molecule has 18 heavy (non-hydrogen) atoms. The van der Waals surface area contributed by atoms with Crippen molar-refractivity contribution in [2.75, 3.05) is 0 Å². The second kappa shape index (κ2) is 4.98. The topological polar surface area (TPSA) is 0 Å². The van der Waals surface area contributed by atoms with E-state index in [1.807, 2.05) is 0 Å². The van der Waals surface area contributed by atoms with Crippen molar-refractivity contribution in [1.82, 2.24) is 0 Å². The summed E-state index contributed by atoms with van der Waals surface area (Å²) in [6, 6.07) is 17.5. The fourth-order valence-electron chi connectivity index (χ4n) is 2.71. The summed E-state index contributed by atoms with van der Waals surface area (Å²) in [6.45, 7) is 0. The van der Waals surface area contributed by atoms with E-state index in [4.69, 9.17) is 0 Å². The van der Waals surface area contributed by atoms with Crippen LogP contribution in [0, 0.1) is 0 Å². The maximum absolute atomic E-state index is 2.49. The summed E-state index contributed by atoms with van der Waals surface area (Å²) in [4.78, 5) is 0. The Morgan fingerprint density at radius 2 is 1.67 bits per heavy atom. The Bertz CT molecular complexity index is 582. The van der Waals surface area contributed by atoms with Crippen LogP contribution in [0.25, 0.3) is 17.2 Å². The quantitative estimate of drug-likeness (QED) is 0.720. The van der Waals surface area contributed by atoms with Gasteiger partial charge in [-0.15, -0.1) is 0 Å². The van der Waals surface area contributed by atoms with Crippen molar-refractivity contribution in [2.24, 2.45) is 0 Å². The zero-order chi connectivity index (χ0) is 12.5. The monoisotopic (exact) mass is 311 g/mol. The fraction of sp³-hybridized carbons (Fsp3) is 0.176. The number of benzene rings is 2. The molecule has 0 aromatic heterocycles. The predicted octanol–water partition coefficient (Wildman–Crippen LogP) is 5.14. The van der Waals surface area contributed by atoms with Gasteiger partial charge in [-0.05, 0) is 0 Å².